The Bertz CT molecular complexity index is 20.0. The lowest BCUT2D eigenvalue weighted by Gasteiger charge is -1.49. The second-order valence-electron chi connectivity index (χ2n) is 0.349. The van der Waals surface area contributed by atoms with E-state index in [-0.39, 0.29) is 6.54 Å². The molecule has 0 aromatic heterocycles. The van der Waals surface area contributed by atoms with E-state index in [1.54, 1.807) is 0 Å². The first-order valence-electron chi connectivity index (χ1n) is 0.960. The van der Waals surface area contributed by atoms with Crippen molar-refractivity contribution in [3.05, 3.63) is 0 Å². The van der Waals surface area contributed by atoms with E-state index in [9.17, 15) is 0 Å². The van der Waals surface area contributed by atoms with Crippen molar-refractivity contribution in [2.75, 3.05) is 6.54 Å². The molecule has 0 spiro atoms. The van der Waals surface area contributed by atoms with Gasteiger partial charge in [0.25, 0.3) is 0 Å². The molecule has 2 nitrogen and oxygen atoms in total. The Labute approximate surface area is 24.6 Å². The van der Waals surface area contributed by atoms with Crippen molar-refractivity contribution < 1.29 is 4.79 Å². The standard InChI is InChI=1S/C2H3NO/c3-1-2-4/h2H,1H2. The highest BCUT2D eigenvalue weighted by molar-refractivity contribution is 5.51. The number of hydrogen-bond donors (Lipinski definition) is 0. The molecular formula is C2H3NO. The summed E-state index contributed by atoms with van der Waals surface area (Å²) >= 11 is 0. The summed E-state index contributed by atoms with van der Waals surface area (Å²) in [6.07, 6.45) is 0.431. The average molecular weight is 57.1 g/mol. The number of nitrogens with zero attached hydrogens (tertiary/aromatic N) is 1. The minimum Gasteiger partial charge on any atom is -0.302 e. The fourth-order valence-corrected chi connectivity index (χ4v) is 0. The molecule has 0 aromatic rings. The molecular weight excluding hydrogens is 54.0 g/mol. The summed E-state index contributed by atoms with van der Waals surface area (Å²) in [7, 11) is 0. The van der Waals surface area contributed by atoms with Crippen molar-refractivity contribution in [3.63, 3.8) is 0 Å². The molecule has 0 bridgehead atoms. The first kappa shape index (κ1) is 3.63. The van der Waals surface area contributed by atoms with E-state index in [0.717, 1.165) is 0 Å². The molecule has 22 valence electrons. The quantitative estimate of drug-likeness (QED) is 0.365. The molecule has 0 atom stereocenters. The van der Waals surface area contributed by atoms with E-state index in [4.69, 9.17) is 10.5 Å². The number of carbonyl (C=O) groups excluding carboxylic acids is 1. The molecule has 2 radical (unpaired) electrons. The van der Waals surface area contributed by atoms with Crippen LogP contribution in [0.1, 0.15) is 0 Å². The van der Waals surface area contributed by atoms with Crippen LogP contribution in [-0.4, -0.2) is 12.8 Å². The lowest BCUT2D eigenvalue weighted by Crippen LogP contribution is -1.79. The van der Waals surface area contributed by atoms with Gasteiger partial charge >= 0.3 is 0 Å². The second kappa shape index (κ2) is 2.63. The SMILES string of the molecule is [N]CC=O. The lowest BCUT2D eigenvalue weighted by atomic mass is 10.8. The van der Waals surface area contributed by atoms with Crippen LogP contribution in [0.5, 0.6) is 0 Å². The van der Waals surface area contributed by atoms with Crippen molar-refractivity contribution in [1.29, 1.82) is 0 Å². The second-order valence-corrected chi connectivity index (χ2v) is 0.349. The number of hydrogen-bond acceptors (Lipinski definition) is 1. The first-order chi connectivity index (χ1) is 1.91. The lowest BCUT2D eigenvalue weighted by molar-refractivity contribution is -0.106. The van der Waals surface area contributed by atoms with E-state index < -0.39 is 0 Å². The van der Waals surface area contributed by atoms with E-state index in [0.29, 0.717) is 6.29 Å². The zero-order valence-corrected chi connectivity index (χ0v) is 2.14. The fraction of sp³-hybridized carbons (Fsp3) is 0.500. The average Bonchev–Trinajstić information content (AvgIpc) is 1.37. The van der Waals surface area contributed by atoms with Gasteiger partial charge in [-0.2, -0.15) is 0 Å². The molecule has 0 aliphatic heterocycles. The molecule has 0 fully saturated rings. The predicted octanol–water partition coefficient (Wildman–Crippen LogP) is -0.746. The van der Waals surface area contributed by atoms with Gasteiger partial charge in [-0.25, -0.2) is 0 Å². The van der Waals surface area contributed by atoms with Crippen LogP contribution in [0.4, 0.5) is 0 Å². The van der Waals surface area contributed by atoms with Crippen molar-refractivity contribution in [2.24, 2.45) is 0 Å². The Morgan fingerprint density at radius 3 is 2.25 bits per heavy atom. The van der Waals surface area contributed by atoms with E-state index in [1.807, 2.05) is 0 Å². The largest absolute Gasteiger partial charge is 0.302 e. The van der Waals surface area contributed by atoms with Crippen molar-refractivity contribution in [2.45, 2.75) is 0 Å². The molecule has 0 aliphatic rings. The molecule has 0 saturated carbocycles. The maximum absolute atomic E-state index is 8.92. The van der Waals surface area contributed by atoms with Gasteiger partial charge in [-0.1, -0.05) is 0 Å². The summed E-state index contributed by atoms with van der Waals surface area (Å²) in [6.45, 7) is -0.361. The number of carbonyl (C=O) groups is 1. The highest BCUT2D eigenvalue weighted by Crippen LogP contribution is 1.24. The van der Waals surface area contributed by atoms with Gasteiger partial charge in [-0.3, -0.25) is 0 Å². The minimum absolute atomic E-state index is 0.361. The normalized spacial score (nSPS) is 6.25. The Hall–Kier alpha value is -0.370. The number of aldehydes is 1. The van der Waals surface area contributed by atoms with Gasteiger partial charge in [0.05, 0.1) is 6.54 Å². The topological polar surface area (TPSA) is 39.4 Å². The summed E-state index contributed by atoms with van der Waals surface area (Å²) in [4.78, 5) is 8.92. The van der Waals surface area contributed by atoms with Crippen LogP contribution in [0, 0.1) is 0 Å². The Morgan fingerprint density at radius 1 is 2.00 bits per heavy atom. The van der Waals surface area contributed by atoms with Gasteiger partial charge in [0.2, 0.25) is 0 Å². The van der Waals surface area contributed by atoms with Gasteiger partial charge in [0.1, 0.15) is 6.29 Å². The van der Waals surface area contributed by atoms with Crippen LogP contribution in [0.3, 0.4) is 0 Å². The summed E-state index contributed by atoms with van der Waals surface area (Å²) in [5.74, 6) is 0. The third kappa shape index (κ3) is 1.63. The van der Waals surface area contributed by atoms with E-state index in [2.05, 4.69) is 0 Å². The third-order valence-electron chi connectivity index (χ3n) is 0.0745. The smallest absolute Gasteiger partial charge is 0.137 e. The zero-order chi connectivity index (χ0) is 3.41. The van der Waals surface area contributed by atoms with Crippen LogP contribution in [-0.2, 0) is 4.79 Å². The summed E-state index contributed by atoms with van der Waals surface area (Å²) in [6, 6.07) is 0. The van der Waals surface area contributed by atoms with Gasteiger partial charge in [0.15, 0.2) is 0 Å². The summed E-state index contributed by atoms with van der Waals surface area (Å²) in [5, 5.41) is 0. The van der Waals surface area contributed by atoms with Gasteiger partial charge in [-0.05, 0) is 0 Å². The third-order valence-corrected chi connectivity index (χ3v) is 0.0745. The minimum atomic E-state index is -0.361. The maximum atomic E-state index is 8.92. The Kier molecular flexibility index (Phi) is 2.39. The van der Waals surface area contributed by atoms with Crippen LogP contribution < -0.4 is 5.73 Å². The molecule has 0 aromatic carbocycles. The molecule has 0 saturated heterocycles. The molecule has 4 heavy (non-hydrogen) atoms. The predicted molar refractivity (Wildman–Crippen MR) is 13.1 cm³/mol. The monoisotopic (exact) mass is 57.0 g/mol. The summed E-state index contributed by atoms with van der Waals surface area (Å²) < 4.78 is 0. The van der Waals surface area contributed by atoms with Crippen LogP contribution in [0.15, 0.2) is 0 Å². The number of rotatable bonds is 1. The summed E-state index contributed by atoms with van der Waals surface area (Å²) in [5.41, 5.74) is 7.51. The van der Waals surface area contributed by atoms with E-state index in [1.165, 1.54) is 0 Å². The first-order valence-corrected chi connectivity index (χ1v) is 0.960. The fourth-order valence-electron chi connectivity index (χ4n) is 0. The highest BCUT2D eigenvalue weighted by atomic mass is 16.1. The zero-order valence-electron chi connectivity index (χ0n) is 2.14. The van der Waals surface area contributed by atoms with Crippen molar-refractivity contribution in [3.8, 4) is 0 Å². The van der Waals surface area contributed by atoms with Gasteiger partial charge in [-0.15, -0.1) is 5.73 Å². The molecule has 0 heterocycles. The van der Waals surface area contributed by atoms with E-state index >= 15 is 0 Å². The Balaban J connectivity index is 2.30. The molecule has 0 N–H and O–H groups in total. The van der Waals surface area contributed by atoms with Crippen LogP contribution in [0.25, 0.3) is 0 Å². The molecule has 0 unspecified atom stereocenters. The molecule has 0 amide bonds. The van der Waals surface area contributed by atoms with Gasteiger partial charge < -0.3 is 4.79 Å². The van der Waals surface area contributed by atoms with Crippen LogP contribution in [0.2, 0.25) is 0 Å². The van der Waals surface area contributed by atoms with Crippen LogP contribution >= 0.6 is 0 Å². The molecule has 0 rings (SSSR count). The molecule has 2 heteroatoms. The van der Waals surface area contributed by atoms with Crippen molar-refractivity contribution >= 4 is 6.29 Å². The molecule has 0 aliphatic carbocycles. The van der Waals surface area contributed by atoms with Gasteiger partial charge in [0, 0.05) is 0 Å². The van der Waals surface area contributed by atoms with Crippen molar-refractivity contribution in [1.82, 2.24) is 5.73 Å². The maximum Gasteiger partial charge on any atom is 0.137 e. The highest BCUT2D eigenvalue weighted by Gasteiger charge is 1.55. The Morgan fingerprint density at radius 2 is 2.25 bits per heavy atom.